The molecule has 2 heteroatoms. The number of nitrogens with two attached hydrogens (primary N) is 1. The number of hydrogen-bond donors (Lipinski definition) is 1. The Morgan fingerprint density at radius 1 is 1.44 bits per heavy atom. The standard InChI is InChI=1S/C14H22N2/c1-3-13-8-5-9-16(13)14-11(2)6-4-7-12(14)10-15/h4,6-7,13H,3,5,8-10,15H2,1-2H3. The van der Waals surface area contributed by atoms with Gasteiger partial charge in [0.05, 0.1) is 0 Å². The van der Waals surface area contributed by atoms with Gasteiger partial charge in [-0.05, 0) is 37.3 Å². The van der Waals surface area contributed by atoms with E-state index in [1.807, 2.05) is 0 Å². The summed E-state index contributed by atoms with van der Waals surface area (Å²) in [5.41, 5.74) is 9.90. The van der Waals surface area contributed by atoms with E-state index in [1.165, 1.54) is 42.6 Å². The molecule has 16 heavy (non-hydrogen) atoms. The smallest absolute Gasteiger partial charge is 0.0443 e. The lowest BCUT2D eigenvalue weighted by Gasteiger charge is -2.29. The van der Waals surface area contributed by atoms with Crippen molar-refractivity contribution in [3.05, 3.63) is 29.3 Å². The average molecular weight is 218 g/mol. The molecule has 1 heterocycles. The molecule has 88 valence electrons. The highest BCUT2D eigenvalue weighted by Crippen LogP contribution is 2.32. The van der Waals surface area contributed by atoms with Crippen molar-refractivity contribution in [1.82, 2.24) is 0 Å². The van der Waals surface area contributed by atoms with Crippen molar-refractivity contribution in [2.75, 3.05) is 11.4 Å². The van der Waals surface area contributed by atoms with E-state index in [0.29, 0.717) is 12.6 Å². The first kappa shape index (κ1) is 11.5. The summed E-state index contributed by atoms with van der Waals surface area (Å²) in [4.78, 5) is 2.57. The second-order valence-electron chi connectivity index (χ2n) is 4.68. The van der Waals surface area contributed by atoms with Gasteiger partial charge in [-0.2, -0.15) is 0 Å². The summed E-state index contributed by atoms with van der Waals surface area (Å²) < 4.78 is 0. The maximum Gasteiger partial charge on any atom is 0.0443 e. The van der Waals surface area contributed by atoms with Gasteiger partial charge in [0.25, 0.3) is 0 Å². The van der Waals surface area contributed by atoms with Crippen LogP contribution >= 0.6 is 0 Å². The summed E-state index contributed by atoms with van der Waals surface area (Å²) in [5, 5.41) is 0. The van der Waals surface area contributed by atoms with Gasteiger partial charge in [-0.25, -0.2) is 0 Å². The van der Waals surface area contributed by atoms with Gasteiger partial charge in [-0.15, -0.1) is 0 Å². The molecule has 0 radical (unpaired) electrons. The van der Waals surface area contributed by atoms with E-state index in [1.54, 1.807) is 0 Å². The van der Waals surface area contributed by atoms with Crippen LogP contribution in [0.25, 0.3) is 0 Å². The molecule has 1 saturated heterocycles. The molecule has 0 amide bonds. The van der Waals surface area contributed by atoms with Crippen LogP contribution in [0.1, 0.15) is 37.3 Å². The van der Waals surface area contributed by atoms with Gasteiger partial charge in [0.2, 0.25) is 0 Å². The van der Waals surface area contributed by atoms with Crippen molar-refractivity contribution in [2.45, 2.75) is 45.7 Å². The number of aryl methyl sites for hydroxylation is 1. The van der Waals surface area contributed by atoms with Crippen molar-refractivity contribution >= 4 is 5.69 Å². The van der Waals surface area contributed by atoms with Gasteiger partial charge >= 0.3 is 0 Å². The van der Waals surface area contributed by atoms with E-state index < -0.39 is 0 Å². The van der Waals surface area contributed by atoms with Crippen LogP contribution in [0.3, 0.4) is 0 Å². The molecule has 0 spiro atoms. The first-order chi connectivity index (χ1) is 7.77. The summed E-state index contributed by atoms with van der Waals surface area (Å²) in [6, 6.07) is 7.18. The van der Waals surface area contributed by atoms with Gasteiger partial charge in [-0.1, -0.05) is 25.1 Å². The number of hydrogen-bond acceptors (Lipinski definition) is 2. The van der Waals surface area contributed by atoms with E-state index in [9.17, 15) is 0 Å². The minimum Gasteiger partial charge on any atom is -0.368 e. The van der Waals surface area contributed by atoms with Gasteiger partial charge in [0, 0.05) is 24.8 Å². The molecule has 1 fully saturated rings. The van der Waals surface area contributed by atoms with Crippen LogP contribution in [0.5, 0.6) is 0 Å². The molecule has 1 aliphatic rings. The molecule has 1 aliphatic heterocycles. The lowest BCUT2D eigenvalue weighted by atomic mass is 10.0. The van der Waals surface area contributed by atoms with Crippen molar-refractivity contribution in [1.29, 1.82) is 0 Å². The van der Waals surface area contributed by atoms with Crippen LogP contribution in [0, 0.1) is 6.92 Å². The lowest BCUT2D eigenvalue weighted by molar-refractivity contribution is 0.642. The number of nitrogens with zero attached hydrogens (tertiary/aromatic N) is 1. The zero-order valence-corrected chi connectivity index (χ0v) is 10.4. The second kappa shape index (κ2) is 4.88. The minimum atomic E-state index is 0.643. The predicted octanol–water partition coefficient (Wildman–Crippen LogP) is 2.83. The van der Waals surface area contributed by atoms with Gasteiger partial charge in [0.1, 0.15) is 0 Å². The Labute approximate surface area is 98.4 Å². The highest BCUT2D eigenvalue weighted by atomic mass is 15.2. The summed E-state index contributed by atoms with van der Waals surface area (Å²) in [6.07, 6.45) is 3.88. The van der Waals surface area contributed by atoms with E-state index in [-0.39, 0.29) is 0 Å². The molecule has 0 saturated carbocycles. The number of benzene rings is 1. The molecule has 1 aromatic rings. The maximum absolute atomic E-state index is 5.85. The molecule has 2 N–H and O–H groups in total. The topological polar surface area (TPSA) is 29.3 Å². The second-order valence-corrected chi connectivity index (χ2v) is 4.68. The Bertz CT molecular complexity index is 360. The van der Waals surface area contributed by atoms with E-state index >= 15 is 0 Å². The Morgan fingerprint density at radius 3 is 2.94 bits per heavy atom. The van der Waals surface area contributed by atoms with Crippen LogP contribution in [0.2, 0.25) is 0 Å². The third kappa shape index (κ3) is 1.94. The van der Waals surface area contributed by atoms with Crippen LogP contribution in [0.4, 0.5) is 5.69 Å². The third-order valence-corrected chi connectivity index (χ3v) is 3.68. The molecular formula is C14H22N2. The van der Waals surface area contributed by atoms with Crippen molar-refractivity contribution in [3.8, 4) is 0 Å². The summed E-state index contributed by atoms with van der Waals surface area (Å²) in [7, 11) is 0. The van der Waals surface area contributed by atoms with Crippen LogP contribution < -0.4 is 10.6 Å². The van der Waals surface area contributed by atoms with Gasteiger partial charge in [-0.3, -0.25) is 0 Å². The van der Waals surface area contributed by atoms with Crippen LogP contribution in [-0.4, -0.2) is 12.6 Å². The molecule has 2 rings (SSSR count). The summed E-state index contributed by atoms with van der Waals surface area (Å²) in [5.74, 6) is 0. The van der Waals surface area contributed by atoms with Crippen LogP contribution in [-0.2, 0) is 6.54 Å². The molecule has 0 bridgehead atoms. The lowest BCUT2D eigenvalue weighted by Crippen LogP contribution is -2.30. The zero-order chi connectivity index (χ0) is 11.5. The fraction of sp³-hybridized carbons (Fsp3) is 0.571. The Kier molecular flexibility index (Phi) is 3.49. The first-order valence-electron chi connectivity index (χ1n) is 6.33. The Morgan fingerprint density at radius 2 is 2.25 bits per heavy atom. The zero-order valence-electron chi connectivity index (χ0n) is 10.4. The van der Waals surface area contributed by atoms with Crippen molar-refractivity contribution in [2.24, 2.45) is 5.73 Å². The molecular weight excluding hydrogens is 196 g/mol. The van der Waals surface area contributed by atoms with Crippen molar-refractivity contribution < 1.29 is 0 Å². The predicted molar refractivity (Wildman–Crippen MR) is 69.7 cm³/mol. The molecule has 1 atom stereocenters. The summed E-state index contributed by atoms with van der Waals surface area (Å²) in [6.45, 7) is 6.31. The van der Waals surface area contributed by atoms with E-state index in [4.69, 9.17) is 5.73 Å². The highest BCUT2D eigenvalue weighted by molar-refractivity contribution is 5.60. The highest BCUT2D eigenvalue weighted by Gasteiger charge is 2.25. The molecule has 0 aliphatic carbocycles. The first-order valence-corrected chi connectivity index (χ1v) is 6.33. The van der Waals surface area contributed by atoms with Crippen LogP contribution in [0.15, 0.2) is 18.2 Å². The van der Waals surface area contributed by atoms with Gasteiger partial charge < -0.3 is 10.6 Å². The third-order valence-electron chi connectivity index (χ3n) is 3.68. The Balaban J connectivity index is 2.38. The SMILES string of the molecule is CCC1CCCN1c1c(C)cccc1CN. The normalized spacial score (nSPS) is 20.4. The van der Waals surface area contributed by atoms with Gasteiger partial charge in [0.15, 0.2) is 0 Å². The maximum atomic E-state index is 5.85. The summed E-state index contributed by atoms with van der Waals surface area (Å²) >= 11 is 0. The quantitative estimate of drug-likeness (QED) is 0.845. The van der Waals surface area contributed by atoms with Crippen molar-refractivity contribution in [3.63, 3.8) is 0 Å². The molecule has 1 unspecified atom stereocenters. The average Bonchev–Trinajstić information content (AvgIpc) is 2.76. The molecule has 2 nitrogen and oxygen atoms in total. The number of anilines is 1. The largest absolute Gasteiger partial charge is 0.368 e. The minimum absolute atomic E-state index is 0.643. The Hall–Kier alpha value is -1.02. The monoisotopic (exact) mass is 218 g/mol. The van der Waals surface area contributed by atoms with E-state index in [0.717, 1.165) is 0 Å². The number of rotatable bonds is 3. The number of para-hydroxylation sites is 1. The fourth-order valence-corrected chi connectivity index (χ4v) is 2.85. The van der Waals surface area contributed by atoms with E-state index in [2.05, 4.69) is 36.9 Å². The fourth-order valence-electron chi connectivity index (χ4n) is 2.85. The molecule has 0 aromatic heterocycles. The molecule has 1 aromatic carbocycles.